The number of allylic oxidation sites excluding steroid dienone is 1. The van der Waals surface area contributed by atoms with Crippen LogP contribution in [-0.2, 0) is 21.8 Å². The Kier molecular flexibility index (Phi) is 8.11. The lowest BCUT2D eigenvalue weighted by molar-refractivity contribution is -0.145. The summed E-state index contributed by atoms with van der Waals surface area (Å²) in [5.41, 5.74) is 2.50. The molecule has 1 amide bonds. The summed E-state index contributed by atoms with van der Waals surface area (Å²) in [4.78, 5) is 22.5. The van der Waals surface area contributed by atoms with Crippen LogP contribution < -0.4 is 11.1 Å². The molecule has 3 unspecified atom stereocenters. The highest BCUT2D eigenvalue weighted by atomic mass is 32.2. The summed E-state index contributed by atoms with van der Waals surface area (Å²) in [5.74, 6) is -2.84. The van der Waals surface area contributed by atoms with Crippen molar-refractivity contribution >= 4 is 28.6 Å². The van der Waals surface area contributed by atoms with Gasteiger partial charge in [0.15, 0.2) is 0 Å². The molecular formula is C21H18F7N5O2S. The quantitative estimate of drug-likeness (QED) is 0.411. The van der Waals surface area contributed by atoms with Crippen molar-refractivity contribution in [2.45, 2.75) is 47.8 Å². The van der Waals surface area contributed by atoms with Gasteiger partial charge < -0.3 is 11.1 Å². The molecule has 7 nitrogen and oxygen atoms in total. The first kappa shape index (κ1) is 27.2. The van der Waals surface area contributed by atoms with Gasteiger partial charge in [-0.15, -0.1) is 0 Å². The Bertz CT molecular complexity index is 1180. The molecule has 2 aromatic rings. The van der Waals surface area contributed by atoms with Crippen LogP contribution in [0.25, 0.3) is 0 Å². The highest BCUT2D eigenvalue weighted by Crippen LogP contribution is 2.30. The number of nitrogens with zero attached hydrogens (tertiary/aromatic N) is 3. The van der Waals surface area contributed by atoms with Crippen molar-refractivity contribution in [2.75, 3.05) is 0 Å². The number of aliphatic imine (C=N–C) groups is 1. The van der Waals surface area contributed by atoms with Crippen LogP contribution in [0.4, 0.5) is 36.4 Å². The molecule has 3 N–H and O–H groups in total. The van der Waals surface area contributed by atoms with Gasteiger partial charge in [-0.3, -0.25) is 14.0 Å². The molecule has 0 aliphatic heterocycles. The molecule has 3 rings (SSSR count). The van der Waals surface area contributed by atoms with Crippen LogP contribution in [-0.4, -0.2) is 43.8 Å². The standard InChI is InChI=1S/C21H18F7N5O2S/c22-12-1-3-14(4-2-12)36(35)16-6-5-15(16)33-17(34)7-11(18(29)20(23,24)25)8-30-13-9-31-19(32-10-13)21(26,27)28/h1-4,8-10,15-16H,5-7,29H2,(H,33,34). The molecule has 3 atom stereocenters. The van der Waals surface area contributed by atoms with E-state index in [9.17, 15) is 39.7 Å². The summed E-state index contributed by atoms with van der Waals surface area (Å²) in [6.45, 7) is 0. The van der Waals surface area contributed by atoms with Gasteiger partial charge in [-0.2, -0.15) is 26.3 Å². The first-order valence-corrected chi connectivity index (χ1v) is 11.4. The Labute approximate surface area is 202 Å². The minimum Gasteiger partial charge on any atom is -0.394 e. The number of amides is 1. The summed E-state index contributed by atoms with van der Waals surface area (Å²) < 4.78 is 103. The van der Waals surface area contributed by atoms with E-state index in [1.54, 1.807) is 0 Å². The zero-order valence-corrected chi connectivity index (χ0v) is 18.9. The molecule has 0 radical (unpaired) electrons. The number of carbonyl (C=O) groups excluding carboxylic acids is 1. The number of alkyl halides is 6. The van der Waals surface area contributed by atoms with Gasteiger partial charge >= 0.3 is 12.4 Å². The molecule has 1 saturated carbocycles. The predicted molar refractivity (Wildman–Crippen MR) is 115 cm³/mol. The van der Waals surface area contributed by atoms with Crippen LogP contribution in [0.5, 0.6) is 0 Å². The monoisotopic (exact) mass is 537 g/mol. The molecule has 1 fully saturated rings. The average Bonchev–Trinajstić information content (AvgIpc) is 2.78. The SMILES string of the molecule is NC(=C(C=Nc1cnc(C(F)(F)F)nc1)CC(=O)NC1CCC1S(=O)c1ccc(F)cc1)C(F)(F)F. The van der Waals surface area contributed by atoms with E-state index in [0.717, 1.165) is 12.1 Å². The number of hydrogen-bond acceptors (Lipinski definition) is 6. The fourth-order valence-electron chi connectivity index (χ4n) is 3.14. The predicted octanol–water partition coefficient (Wildman–Crippen LogP) is 3.96. The normalized spacial score (nSPS) is 20.0. The summed E-state index contributed by atoms with van der Waals surface area (Å²) in [6.07, 6.45) is -7.89. The van der Waals surface area contributed by atoms with Gasteiger partial charge in [-0.05, 0) is 37.1 Å². The van der Waals surface area contributed by atoms with Crippen molar-refractivity contribution in [1.82, 2.24) is 15.3 Å². The van der Waals surface area contributed by atoms with Gasteiger partial charge in [0.05, 0.1) is 40.6 Å². The maximum Gasteiger partial charge on any atom is 0.451 e. The van der Waals surface area contributed by atoms with E-state index in [-0.39, 0.29) is 5.69 Å². The van der Waals surface area contributed by atoms with Crippen molar-refractivity contribution in [3.05, 3.63) is 59.6 Å². The Morgan fingerprint density at radius 2 is 1.72 bits per heavy atom. The zero-order valence-electron chi connectivity index (χ0n) is 18.1. The van der Waals surface area contributed by atoms with Gasteiger partial charge in [0.25, 0.3) is 0 Å². The second-order valence-electron chi connectivity index (χ2n) is 7.68. The molecule has 1 aliphatic rings. The summed E-state index contributed by atoms with van der Waals surface area (Å²) in [5, 5.41) is 1.99. The second kappa shape index (κ2) is 10.7. The van der Waals surface area contributed by atoms with Crippen molar-refractivity contribution in [3.8, 4) is 0 Å². The van der Waals surface area contributed by atoms with Gasteiger partial charge in [-0.25, -0.2) is 14.4 Å². The lowest BCUT2D eigenvalue weighted by Gasteiger charge is -2.36. The van der Waals surface area contributed by atoms with E-state index in [0.29, 0.717) is 36.3 Å². The fraction of sp³-hybridized carbons (Fsp3) is 0.333. The lowest BCUT2D eigenvalue weighted by Crippen LogP contribution is -2.52. The minimum atomic E-state index is -5.01. The molecule has 1 aromatic carbocycles. The molecule has 1 aliphatic carbocycles. The average molecular weight is 537 g/mol. The highest BCUT2D eigenvalue weighted by molar-refractivity contribution is 7.85. The van der Waals surface area contributed by atoms with Gasteiger partial charge in [0, 0.05) is 22.7 Å². The van der Waals surface area contributed by atoms with Gasteiger partial charge in [0.1, 0.15) is 11.5 Å². The third kappa shape index (κ3) is 6.86. The molecule has 1 aromatic heterocycles. The number of hydrogen-bond donors (Lipinski definition) is 2. The summed E-state index contributed by atoms with van der Waals surface area (Å²) >= 11 is 0. The van der Waals surface area contributed by atoms with Gasteiger partial charge in [-0.1, -0.05) is 0 Å². The highest BCUT2D eigenvalue weighted by Gasteiger charge is 2.38. The molecule has 0 saturated heterocycles. The third-order valence-corrected chi connectivity index (χ3v) is 6.99. The Hall–Kier alpha value is -3.36. The zero-order chi connectivity index (χ0) is 26.7. The van der Waals surface area contributed by atoms with Crippen molar-refractivity contribution in [3.63, 3.8) is 0 Å². The fourth-order valence-corrected chi connectivity index (χ4v) is 4.75. The Morgan fingerprint density at radius 3 is 2.22 bits per heavy atom. The van der Waals surface area contributed by atoms with Crippen LogP contribution in [0, 0.1) is 5.82 Å². The van der Waals surface area contributed by atoms with E-state index in [1.807, 2.05) is 0 Å². The number of nitrogens with two attached hydrogens (primary N) is 1. The van der Waals surface area contributed by atoms with Crippen molar-refractivity contribution < 1.29 is 39.7 Å². The number of benzene rings is 1. The number of nitrogens with one attached hydrogen (secondary N) is 1. The van der Waals surface area contributed by atoms with E-state index >= 15 is 0 Å². The first-order chi connectivity index (χ1) is 16.8. The number of halogens is 7. The molecule has 0 bridgehead atoms. The number of carbonyl (C=O) groups is 1. The van der Waals surface area contributed by atoms with Crippen LogP contribution in [0.2, 0.25) is 0 Å². The van der Waals surface area contributed by atoms with Crippen LogP contribution in [0.1, 0.15) is 25.1 Å². The maximum absolute atomic E-state index is 13.2. The van der Waals surface area contributed by atoms with E-state index in [4.69, 9.17) is 5.73 Å². The van der Waals surface area contributed by atoms with Crippen LogP contribution in [0.15, 0.2) is 57.8 Å². The van der Waals surface area contributed by atoms with Gasteiger partial charge in [0.2, 0.25) is 11.7 Å². The summed E-state index contributed by atoms with van der Waals surface area (Å²) in [6, 6.07) is 4.36. The molecule has 0 spiro atoms. The molecule has 194 valence electrons. The van der Waals surface area contributed by atoms with Crippen LogP contribution >= 0.6 is 0 Å². The van der Waals surface area contributed by atoms with Crippen molar-refractivity contribution in [2.24, 2.45) is 10.7 Å². The molecule has 36 heavy (non-hydrogen) atoms. The third-order valence-electron chi connectivity index (χ3n) is 5.14. The van der Waals surface area contributed by atoms with E-state index < -0.39 is 69.7 Å². The Balaban J connectivity index is 1.71. The number of rotatable bonds is 7. The van der Waals surface area contributed by atoms with E-state index in [1.165, 1.54) is 12.1 Å². The second-order valence-corrected chi connectivity index (χ2v) is 9.35. The topological polar surface area (TPSA) is 110 Å². The molecule has 15 heteroatoms. The maximum atomic E-state index is 13.2. The van der Waals surface area contributed by atoms with Crippen LogP contribution in [0.3, 0.4) is 0 Å². The summed E-state index contributed by atoms with van der Waals surface area (Å²) in [7, 11) is -1.59. The minimum absolute atomic E-state index is 0.301. The first-order valence-electron chi connectivity index (χ1n) is 10.2. The molecular weight excluding hydrogens is 519 g/mol. The smallest absolute Gasteiger partial charge is 0.394 e. The van der Waals surface area contributed by atoms with E-state index in [2.05, 4.69) is 20.3 Å². The molecule has 1 heterocycles. The number of aromatic nitrogens is 2. The Morgan fingerprint density at radius 1 is 1.11 bits per heavy atom. The largest absolute Gasteiger partial charge is 0.451 e. The van der Waals surface area contributed by atoms with Crippen molar-refractivity contribution in [1.29, 1.82) is 0 Å². The lowest BCUT2D eigenvalue weighted by atomic mass is 9.92.